The number of nitrogens with zero attached hydrogens (tertiary/aromatic N) is 2. The van der Waals surface area contributed by atoms with Crippen molar-refractivity contribution in [3.05, 3.63) is 62.4 Å². The van der Waals surface area contributed by atoms with E-state index in [0.29, 0.717) is 35.6 Å². The van der Waals surface area contributed by atoms with Crippen molar-refractivity contribution >= 4 is 16.9 Å². The van der Waals surface area contributed by atoms with Gasteiger partial charge in [-0.05, 0) is 37.1 Å². The Morgan fingerprint density at radius 2 is 2.07 bits per heavy atom. The molecule has 0 unspecified atom stereocenters. The molecule has 148 valence electrons. The van der Waals surface area contributed by atoms with Crippen LogP contribution in [0.1, 0.15) is 41.2 Å². The maximum absolute atomic E-state index is 13.2. The van der Waals surface area contributed by atoms with Gasteiger partial charge in [0.15, 0.2) is 5.60 Å². The number of fused-ring (bicyclic) bond motifs is 5. The molecule has 2 aromatic heterocycles. The first-order chi connectivity index (χ1) is 13.9. The Morgan fingerprint density at radius 3 is 2.79 bits per heavy atom. The minimum absolute atomic E-state index is 0.118. The van der Waals surface area contributed by atoms with Gasteiger partial charge in [-0.25, -0.2) is 9.78 Å². The van der Waals surface area contributed by atoms with Crippen LogP contribution in [0.2, 0.25) is 0 Å². The van der Waals surface area contributed by atoms with Gasteiger partial charge in [0, 0.05) is 23.1 Å². The largest absolute Gasteiger partial charge is 0.458 e. The number of ether oxygens (including phenoxy) is 1. The van der Waals surface area contributed by atoms with Gasteiger partial charge >= 0.3 is 5.97 Å². The van der Waals surface area contributed by atoms with E-state index < -0.39 is 11.6 Å². The third-order valence-electron chi connectivity index (χ3n) is 6.17. The van der Waals surface area contributed by atoms with Crippen LogP contribution < -0.4 is 11.3 Å². The first kappa shape index (κ1) is 18.0. The van der Waals surface area contributed by atoms with E-state index in [0.717, 1.165) is 27.6 Å². The highest BCUT2D eigenvalue weighted by Gasteiger charge is 2.45. The van der Waals surface area contributed by atoms with Gasteiger partial charge in [-0.1, -0.05) is 18.6 Å². The summed E-state index contributed by atoms with van der Waals surface area (Å²) in [6, 6.07) is 7.72. The zero-order valence-electron chi connectivity index (χ0n) is 16.3. The van der Waals surface area contributed by atoms with Gasteiger partial charge in [-0.2, -0.15) is 0 Å². The van der Waals surface area contributed by atoms with Crippen molar-refractivity contribution in [1.82, 2.24) is 9.55 Å². The summed E-state index contributed by atoms with van der Waals surface area (Å²) in [7, 11) is 0. The van der Waals surface area contributed by atoms with Crippen LogP contribution in [0.25, 0.3) is 22.3 Å². The standard InChI is InChI=1S/C22H21N3O4/c1-3-22(28)16-7-18-19-14(9-25(18)20(26)15(16)10-29-21(22)27)13(8-23)12-6-11(2)4-5-17(12)24-19/h4-7,28H,3,8-10,23H2,1-2H3/t22-/m0/s1. The molecule has 2 aliphatic rings. The second kappa shape index (κ2) is 5.98. The second-order valence-electron chi connectivity index (χ2n) is 7.75. The smallest absolute Gasteiger partial charge is 0.343 e. The van der Waals surface area contributed by atoms with Crippen molar-refractivity contribution in [2.75, 3.05) is 0 Å². The molecular weight excluding hydrogens is 370 g/mol. The lowest BCUT2D eigenvalue weighted by atomic mass is 9.86. The average Bonchev–Trinajstić information content (AvgIpc) is 3.08. The molecule has 0 saturated carbocycles. The normalized spacial score (nSPS) is 19.7. The number of hydrogen-bond donors (Lipinski definition) is 2. The van der Waals surface area contributed by atoms with Crippen LogP contribution in [0.3, 0.4) is 0 Å². The maximum Gasteiger partial charge on any atom is 0.343 e. The first-order valence-electron chi connectivity index (χ1n) is 9.68. The molecule has 5 rings (SSSR count). The predicted molar refractivity (Wildman–Crippen MR) is 107 cm³/mol. The van der Waals surface area contributed by atoms with Crippen molar-refractivity contribution in [3.8, 4) is 11.4 Å². The first-order valence-corrected chi connectivity index (χ1v) is 9.68. The van der Waals surface area contributed by atoms with Crippen molar-refractivity contribution in [1.29, 1.82) is 0 Å². The van der Waals surface area contributed by atoms with Gasteiger partial charge in [-0.15, -0.1) is 0 Å². The number of carbonyl (C=O) groups excluding carboxylic acids is 1. The molecule has 2 aliphatic heterocycles. The monoisotopic (exact) mass is 391 g/mol. The molecule has 7 heteroatoms. The van der Waals surface area contributed by atoms with E-state index in [2.05, 4.69) is 6.07 Å². The zero-order valence-corrected chi connectivity index (χ0v) is 16.3. The molecule has 3 N–H and O–H groups in total. The predicted octanol–water partition coefficient (Wildman–Crippen LogP) is 1.85. The molecule has 1 aromatic carbocycles. The van der Waals surface area contributed by atoms with Crippen LogP contribution in [0, 0.1) is 6.92 Å². The molecule has 1 atom stereocenters. The Hall–Kier alpha value is -3.03. The van der Waals surface area contributed by atoms with Crippen molar-refractivity contribution in [2.45, 2.75) is 45.6 Å². The Labute approximate surface area is 166 Å². The molecular formula is C22H21N3O4. The van der Waals surface area contributed by atoms with Crippen molar-refractivity contribution in [3.63, 3.8) is 0 Å². The van der Waals surface area contributed by atoms with E-state index in [-0.39, 0.29) is 18.6 Å². The zero-order chi connectivity index (χ0) is 20.5. The van der Waals surface area contributed by atoms with E-state index in [1.165, 1.54) is 0 Å². The fraction of sp³-hybridized carbons (Fsp3) is 0.318. The van der Waals surface area contributed by atoms with Crippen LogP contribution in [-0.2, 0) is 34.8 Å². The van der Waals surface area contributed by atoms with Gasteiger partial charge in [0.2, 0.25) is 0 Å². The number of rotatable bonds is 2. The van der Waals surface area contributed by atoms with Crippen molar-refractivity contribution < 1.29 is 14.6 Å². The Kier molecular flexibility index (Phi) is 3.72. The lowest BCUT2D eigenvalue weighted by Gasteiger charge is -2.31. The third kappa shape index (κ3) is 2.28. The van der Waals surface area contributed by atoms with E-state index >= 15 is 0 Å². The van der Waals surface area contributed by atoms with Gasteiger partial charge < -0.3 is 20.1 Å². The number of aromatic nitrogens is 2. The lowest BCUT2D eigenvalue weighted by molar-refractivity contribution is -0.172. The number of nitrogens with two attached hydrogens (primary N) is 1. The summed E-state index contributed by atoms with van der Waals surface area (Å²) in [5.41, 5.74) is 9.72. The van der Waals surface area contributed by atoms with Crippen LogP contribution in [0.4, 0.5) is 0 Å². The topological polar surface area (TPSA) is 107 Å². The highest BCUT2D eigenvalue weighted by atomic mass is 16.6. The summed E-state index contributed by atoms with van der Waals surface area (Å²) in [6.07, 6.45) is 0.118. The summed E-state index contributed by atoms with van der Waals surface area (Å²) < 4.78 is 6.75. The summed E-state index contributed by atoms with van der Waals surface area (Å²) in [5, 5.41) is 11.9. The highest BCUT2D eigenvalue weighted by molar-refractivity contribution is 5.89. The van der Waals surface area contributed by atoms with E-state index in [4.69, 9.17) is 15.5 Å². The van der Waals surface area contributed by atoms with E-state index in [1.54, 1.807) is 17.6 Å². The van der Waals surface area contributed by atoms with Crippen LogP contribution in [-0.4, -0.2) is 20.6 Å². The van der Waals surface area contributed by atoms with Gasteiger partial charge in [-0.3, -0.25) is 4.79 Å². The number of carbonyl (C=O) groups is 1. The molecule has 0 spiro atoms. The summed E-state index contributed by atoms with van der Waals surface area (Å²) in [6.45, 7) is 4.26. The third-order valence-corrected chi connectivity index (χ3v) is 6.17. The van der Waals surface area contributed by atoms with Crippen LogP contribution >= 0.6 is 0 Å². The fourth-order valence-electron chi connectivity index (χ4n) is 4.51. The average molecular weight is 391 g/mol. The van der Waals surface area contributed by atoms with Crippen LogP contribution in [0.5, 0.6) is 0 Å². The van der Waals surface area contributed by atoms with Gasteiger partial charge in [0.05, 0.1) is 29.0 Å². The molecule has 29 heavy (non-hydrogen) atoms. The summed E-state index contributed by atoms with van der Waals surface area (Å²) in [5.74, 6) is -0.723. The Morgan fingerprint density at radius 1 is 1.28 bits per heavy atom. The quantitative estimate of drug-likeness (QED) is 0.505. The number of cyclic esters (lactones) is 1. The van der Waals surface area contributed by atoms with Gasteiger partial charge in [0.25, 0.3) is 5.56 Å². The minimum atomic E-state index is -1.82. The minimum Gasteiger partial charge on any atom is -0.458 e. The fourth-order valence-corrected chi connectivity index (χ4v) is 4.51. The SMILES string of the molecule is CC[C@@]1(O)C(=O)OCc2c1cc1n(c2=O)Cc2c-1nc1ccc(C)cc1c2CN. The second-order valence-corrected chi connectivity index (χ2v) is 7.75. The maximum atomic E-state index is 13.2. The number of hydrogen-bond acceptors (Lipinski definition) is 6. The Balaban J connectivity index is 1.84. The van der Waals surface area contributed by atoms with Crippen molar-refractivity contribution in [2.24, 2.45) is 5.73 Å². The molecule has 0 amide bonds. The number of benzene rings is 1. The van der Waals surface area contributed by atoms with Crippen LogP contribution in [0.15, 0.2) is 29.1 Å². The lowest BCUT2D eigenvalue weighted by Crippen LogP contribution is -2.44. The summed E-state index contributed by atoms with van der Waals surface area (Å²) in [4.78, 5) is 30.3. The number of aryl methyl sites for hydroxylation is 1. The number of pyridine rings is 2. The highest BCUT2D eigenvalue weighted by Crippen LogP contribution is 2.40. The summed E-state index contributed by atoms with van der Waals surface area (Å²) >= 11 is 0. The van der Waals surface area contributed by atoms with E-state index in [9.17, 15) is 14.7 Å². The molecule has 0 fully saturated rings. The number of aliphatic hydroxyl groups is 1. The number of esters is 1. The molecule has 0 aliphatic carbocycles. The Bertz CT molecular complexity index is 1280. The van der Waals surface area contributed by atoms with E-state index in [1.807, 2.05) is 19.1 Å². The molecule has 0 bridgehead atoms. The molecule has 3 aromatic rings. The van der Waals surface area contributed by atoms with Gasteiger partial charge in [0.1, 0.15) is 6.61 Å². The molecule has 7 nitrogen and oxygen atoms in total. The molecule has 0 saturated heterocycles. The molecule has 4 heterocycles. The molecule has 0 radical (unpaired) electrons.